The third-order valence-electron chi connectivity index (χ3n) is 2.56. The predicted octanol–water partition coefficient (Wildman–Crippen LogP) is 3.14. The van der Waals surface area contributed by atoms with E-state index in [1.165, 1.54) is 31.5 Å². The van der Waals surface area contributed by atoms with Crippen molar-refractivity contribution in [2.75, 3.05) is 7.11 Å². The Morgan fingerprint density at radius 2 is 2.05 bits per heavy atom. The topological polar surface area (TPSA) is 48.4 Å². The number of aromatic nitrogens is 1. The molecule has 0 atom stereocenters. The zero-order valence-electron chi connectivity index (χ0n) is 10.5. The minimum absolute atomic E-state index is 0.0497. The summed E-state index contributed by atoms with van der Waals surface area (Å²) in [6.07, 6.45) is 1.52. The van der Waals surface area contributed by atoms with Gasteiger partial charge in [-0.25, -0.2) is 4.79 Å². The van der Waals surface area contributed by atoms with Gasteiger partial charge in [-0.05, 0) is 30.3 Å². The Bertz CT molecular complexity index is 603. The molecule has 0 bridgehead atoms. The molecule has 0 spiro atoms. The molecule has 0 saturated heterocycles. The highest BCUT2D eigenvalue weighted by molar-refractivity contribution is 5.91. The van der Waals surface area contributed by atoms with E-state index in [9.17, 15) is 13.6 Å². The van der Waals surface area contributed by atoms with Crippen molar-refractivity contribution >= 4 is 5.97 Å². The summed E-state index contributed by atoms with van der Waals surface area (Å²) >= 11 is 0. The summed E-state index contributed by atoms with van der Waals surface area (Å²) in [5.41, 5.74) is 0.956. The zero-order valence-corrected chi connectivity index (χ0v) is 10.5. The number of nitrogens with zero attached hydrogens (tertiary/aromatic N) is 1. The molecule has 4 nitrogen and oxygen atoms in total. The van der Waals surface area contributed by atoms with Crippen LogP contribution in [0.2, 0.25) is 0 Å². The highest BCUT2D eigenvalue weighted by Gasteiger charge is 2.15. The van der Waals surface area contributed by atoms with E-state index in [0.717, 1.165) is 0 Å². The fourth-order valence-electron chi connectivity index (χ4n) is 1.70. The van der Waals surface area contributed by atoms with Crippen molar-refractivity contribution in [1.29, 1.82) is 0 Å². The number of carbonyl (C=O) groups is 1. The van der Waals surface area contributed by atoms with Gasteiger partial charge in [0, 0.05) is 11.8 Å². The number of halogens is 2. The molecular formula is C14H11F2NO3. The number of esters is 1. The van der Waals surface area contributed by atoms with Gasteiger partial charge in [0.25, 0.3) is 0 Å². The number of hydrogen-bond acceptors (Lipinski definition) is 4. The fraction of sp³-hybridized carbons (Fsp3) is 0.143. The van der Waals surface area contributed by atoms with E-state index in [4.69, 9.17) is 0 Å². The van der Waals surface area contributed by atoms with Gasteiger partial charge < -0.3 is 9.47 Å². The normalized spacial score (nSPS) is 10.4. The third kappa shape index (κ3) is 3.09. The van der Waals surface area contributed by atoms with Crippen LogP contribution >= 0.6 is 0 Å². The van der Waals surface area contributed by atoms with Crippen molar-refractivity contribution in [3.05, 3.63) is 48.2 Å². The standard InChI is InChI=1S/C14H11F2NO3/c1-19-13(18)9-5-6-12(20-14(15)16)10(8-9)11-4-2-3-7-17-11/h2-8,14H,1H3. The maximum Gasteiger partial charge on any atom is 0.387 e. The van der Waals surface area contributed by atoms with Crippen LogP contribution in [-0.2, 0) is 4.74 Å². The number of benzene rings is 1. The molecule has 0 aliphatic heterocycles. The van der Waals surface area contributed by atoms with E-state index in [1.807, 2.05) is 0 Å². The van der Waals surface area contributed by atoms with Crippen LogP contribution in [0.4, 0.5) is 8.78 Å². The van der Waals surface area contributed by atoms with Crippen molar-refractivity contribution in [2.24, 2.45) is 0 Å². The Balaban J connectivity index is 2.51. The third-order valence-corrected chi connectivity index (χ3v) is 2.56. The van der Waals surface area contributed by atoms with E-state index >= 15 is 0 Å². The van der Waals surface area contributed by atoms with E-state index < -0.39 is 12.6 Å². The smallest absolute Gasteiger partial charge is 0.387 e. The van der Waals surface area contributed by atoms with E-state index in [-0.39, 0.29) is 11.3 Å². The lowest BCUT2D eigenvalue weighted by atomic mass is 10.1. The average Bonchev–Trinajstić information content (AvgIpc) is 2.47. The van der Waals surface area contributed by atoms with Crippen LogP contribution in [0.15, 0.2) is 42.6 Å². The minimum atomic E-state index is -2.96. The lowest BCUT2D eigenvalue weighted by Crippen LogP contribution is -2.06. The molecule has 1 aromatic carbocycles. The zero-order chi connectivity index (χ0) is 14.5. The van der Waals surface area contributed by atoms with Gasteiger partial charge in [-0.2, -0.15) is 8.78 Å². The van der Waals surface area contributed by atoms with Crippen LogP contribution in [0, 0.1) is 0 Å². The van der Waals surface area contributed by atoms with Gasteiger partial charge in [0.2, 0.25) is 0 Å². The maximum atomic E-state index is 12.4. The van der Waals surface area contributed by atoms with Crippen LogP contribution in [0.25, 0.3) is 11.3 Å². The molecule has 0 aliphatic rings. The summed E-state index contributed by atoms with van der Waals surface area (Å²) in [6, 6.07) is 9.10. The first-order valence-corrected chi connectivity index (χ1v) is 5.70. The highest BCUT2D eigenvalue weighted by atomic mass is 19.3. The quantitative estimate of drug-likeness (QED) is 0.807. The van der Waals surface area contributed by atoms with E-state index in [0.29, 0.717) is 11.3 Å². The predicted molar refractivity (Wildman–Crippen MR) is 67.6 cm³/mol. The SMILES string of the molecule is COC(=O)c1ccc(OC(F)F)c(-c2ccccn2)c1. The minimum Gasteiger partial charge on any atom is -0.465 e. The maximum absolute atomic E-state index is 12.4. The number of alkyl halides is 2. The molecular weight excluding hydrogens is 268 g/mol. The molecule has 0 N–H and O–H groups in total. The van der Waals surface area contributed by atoms with Crippen LogP contribution in [0.1, 0.15) is 10.4 Å². The second-order valence-corrected chi connectivity index (χ2v) is 3.80. The van der Waals surface area contributed by atoms with Crippen molar-refractivity contribution in [3.63, 3.8) is 0 Å². The van der Waals surface area contributed by atoms with Gasteiger partial charge in [-0.3, -0.25) is 4.98 Å². The molecule has 6 heteroatoms. The molecule has 2 rings (SSSR count). The largest absolute Gasteiger partial charge is 0.465 e. The summed E-state index contributed by atoms with van der Waals surface area (Å²) in [5.74, 6) is -0.614. The molecule has 20 heavy (non-hydrogen) atoms. The Morgan fingerprint density at radius 1 is 1.25 bits per heavy atom. The van der Waals surface area contributed by atoms with Gasteiger partial charge in [0.1, 0.15) is 5.75 Å². The Morgan fingerprint density at radius 3 is 2.65 bits per heavy atom. The Kier molecular flexibility index (Phi) is 4.24. The average molecular weight is 279 g/mol. The van der Waals surface area contributed by atoms with Gasteiger partial charge in [0.15, 0.2) is 0 Å². The summed E-state index contributed by atoms with van der Waals surface area (Å²) in [7, 11) is 1.24. The van der Waals surface area contributed by atoms with Gasteiger partial charge in [0.05, 0.1) is 18.4 Å². The number of rotatable bonds is 4. The summed E-state index contributed by atoms with van der Waals surface area (Å²) in [6.45, 7) is -2.96. The van der Waals surface area contributed by atoms with Crippen molar-refractivity contribution in [2.45, 2.75) is 6.61 Å². The fourth-order valence-corrected chi connectivity index (χ4v) is 1.70. The van der Waals surface area contributed by atoms with E-state index in [1.54, 1.807) is 18.2 Å². The first-order valence-electron chi connectivity index (χ1n) is 5.70. The lowest BCUT2D eigenvalue weighted by Gasteiger charge is -2.11. The summed E-state index contributed by atoms with van der Waals surface area (Å²) in [4.78, 5) is 15.6. The van der Waals surface area contributed by atoms with Gasteiger partial charge >= 0.3 is 12.6 Å². The summed E-state index contributed by atoms with van der Waals surface area (Å²) < 4.78 is 33.9. The monoisotopic (exact) mass is 279 g/mol. The number of methoxy groups -OCH3 is 1. The number of carbonyl (C=O) groups excluding carboxylic acids is 1. The van der Waals surface area contributed by atoms with Crippen molar-refractivity contribution in [1.82, 2.24) is 4.98 Å². The first-order chi connectivity index (χ1) is 9.61. The molecule has 0 fully saturated rings. The first kappa shape index (κ1) is 13.9. The number of pyridine rings is 1. The molecule has 1 heterocycles. The van der Waals surface area contributed by atoms with Crippen molar-refractivity contribution < 1.29 is 23.0 Å². The van der Waals surface area contributed by atoms with Crippen LogP contribution < -0.4 is 4.74 Å². The van der Waals surface area contributed by atoms with Crippen LogP contribution in [-0.4, -0.2) is 24.7 Å². The molecule has 1 aromatic heterocycles. The molecule has 0 unspecified atom stereocenters. The van der Waals surface area contributed by atoms with Crippen LogP contribution in [0.3, 0.4) is 0 Å². The second-order valence-electron chi connectivity index (χ2n) is 3.80. The molecule has 0 amide bonds. The number of hydrogen-bond donors (Lipinski definition) is 0. The lowest BCUT2D eigenvalue weighted by molar-refractivity contribution is -0.0494. The Hall–Kier alpha value is -2.50. The van der Waals surface area contributed by atoms with Crippen molar-refractivity contribution in [3.8, 4) is 17.0 Å². The molecule has 0 aliphatic carbocycles. The number of ether oxygens (including phenoxy) is 2. The molecule has 0 saturated carbocycles. The Labute approximate surface area is 114 Å². The highest BCUT2D eigenvalue weighted by Crippen LogP contribution is 2.31. The second kappa shape index (κ2) is 6.10. The molecule has 104 valence electrons. The molecule has 2 aromatic rings. The van der Waals surface area contributed by atoms with E-state index in [2.05, 4.69) is 14.5 Å². The van der Waals surface area contributed by atoms with Gasteiger partial charge in [-0.15, -0.1) is 0 Å². The van der Waals surface area contributed by atoms with Crippen LogP contribution in [0.5, 0.6) is 5.75 Å². The van der Waals surface area contributed by atoms with Gasteiger partial charge in [-0.1, -0.05) is 6.07 Å². The summed E-state index contributed by atoms with van der Waals surface area (Å²) in [5, 5.41) is 0. The molecule has 0 radical (unpaired) electrons.